The van der Waals surface area contributed by atoms with Crippen molar-refractivity contribution in [1.29, 1.82) is 0 Å². The van der Waals surface area contributed by atoms with E-state index in [0.29, 0.717) is 11.8 Å². The molecule has 4 rings (SSSR count). The zero-order valence-corrected chi connectivity index (χ0v) is 18.6. The van der Waals surface area contributed by atoms with Crippen LogP contribution in [-0.2, 0) is 6.42 Å². The third-order valence-electron chi connectivity index (χ3n) is 5.56. The van der Waals surface area contributed by atoms with E-state index in [0.717, 1.165) is 59.0 Å². The molecule has 1 aromatic carbocycles. The molecule has 154 valence electrons. The lowest BCUT2D eigenvalue weighted by atomic mass is 10.00. The smallest absolute Gasteiger partial charge is 0.266 e. The Labute approximate surface area is 181 Å². The lowest BCUT2D eigenvalue weighted by molar-refractivity contribution is 0.267. The summed E-state index contributed by atoms with van der Waals surface area (Å²) in [6.45, 7) is 3.30. The van der Waals surface area contributed by atoms with Crippen LogP contribution in [0.25, 0.3) is 21.0 Å². The van der Waals surface area contributed by atoms with Gasteiger partial charge in [0.2, 0.25) is 0 Å². The number of aromatic hydroxyl groups is 1. The van der Waals surface area contributed by atoms with Crippen LogP contribution in [0, 0.1) is 0 Å². The van der Waals surface area contributed by atoms with E-state index in [4.69, 9.17) is 0 Å². The lowest BCUT2D eigenvalue weighted by Gasteiger charge is -2.20. The summed E-state index contributed by atoms with van der Waals surface area (Å²) >= 11 is 1.45. The van der Waals surface area contributed by atoms with Gasteiger partial charge < -0.3 is 19.9 Å². The van der Waals surface area contributed by atoms with Crippen molar-refractivity contribution in [3.8, 4) is 5.75 Å². The first kappa shape index (κ1) is 23.0. The van der Waals surface area contributed by atoms with Gasteiger partial charge in [0.15, 0.2) is 0 Å². The van der Waals surface area contributed by atoms with Crippen molar-refractivity contribution in [3.63, 3.8) is 0 Å². The normalized spacial score (nSPS) is 17.2. The first-order valence-electron chi connectivity index (χ1n) is 9.17. The quantitative estimate of drug-likeness (QED) is 0.628. The molecule has 2 N–H and O–H groups in total. The van der Waals surface area contributed by atoms with E-state index in [1.165, 1.54) is 17.8 Å². The van der Waals surface area contributed by atoms with Crippen molar-refractivity contribution in [2.75, 3.05) is 33.7 Å². The molecule has 8 heteroatoms. The monoisotopic (exact) mass is 443 g/mol. The van der Waals surface area contributed by atoms with Crippen LogP contribution in [0.15, 0.2) is 28.4 Å². The van der Waals surface area contributed by atoms with E-state index in [9.17, 15) is 9.90 Å². The Balaban J connectivity index is 0.00000140. The SMILES string of the molecule is CN(C)C1CCN(CCCc2c(O)ccc3[nH]c(=O)c4sccc4c23)C1.Cl.Cl. The second kappa shape index (κ2) is 9.46. The van der Waals surface area contributed by atoms with Gasteiger partial charge in [-0.25, -0.2) is 0 Å². The predicted molar refractivity (Wildman–Crippen MR) is 123 cm³/mol. The van der Waals surface area contributed by atoms with Crippen LogP contribution < -0.4 is 5.56 Å². The number of thiophene rings is 1. The minimum Gasteiger partial charge on any atom is -0.508 e. The fourth-order valence-electron chi connectivity index (χ4n) is 4.08. The topological polar surface area (TPSA) is 59.6 Å². The molecule has 0 aliphatic carbocycles. The highest BCUT2D eigenvalue weighted by molar-refractivity contribution is 7.17. The number of fused-ring (bicyclic) bond motifs is 3. The molecule has 1 aliphatic rings. The van der Waals surface area contributed by atoms with Crippen LogP contribution in [0.4, 0.5) is 0 Å². The number of benzene rings is 1. The van der Waals surface area contributed by atoms with Crippen LogP contribution >= 0.6 is 36.2 Å². The molecule has 1 fully saturated rings. The molecule has 1 aliphatic heterocycles. The van der Waals surface area contributed by atoms with Crippen LogP contribution in [0.2, 0.25) is 0 Å². The standard InChI is InChI=1S/C20H25N3O2S.2ClH/c1-22(2)13-7-10-23(12-13)9-3-4-14-17(24)6-5-16-18(14)15-8-11-26-19(15)20(25)21-16;;/h5-6,8,11,13,24H,3-4,7,9-10,12H2,1-2H3,(H,21,25);2*1H. The molecule has 0 amide bonds. The van der Waals surface area contributed by atoms with E-state index in [1.54, 1.807) is 12.1 Å². The Morgan fingerprint density at radius 2 is 2.07 bits per heavy atom. The Morgan fingerprint density at radius 1 is 1.29 bits per heavy atom. The van der Waals surface area contributed by atoms with Gasteiger partial charge in [-0.3, -0.25) is 4.79 Å². The molecule has 0 radical (unpaired) electrons. The second-order valence-electron chi connectivity index (χ2n) is 7.41. The summed E-state index contributed by atoms with van der Waals surface area (Å²) in [5.41, 5.74) is 1.71. The van der Waals surface area contributed by atoms with E-state index < -0.39 is 0 Å². The number of hydrogen-bond donors (Lipinski definition) is 2. The molecule has 3 aromatic rings. The van der Waals surface area contributed by atoms with Crippen molar-refractivity contribution in [1.82, 2.24) is 14.8 Å². The largest absolute Gasteiger partial charge is 0.508 e. The van der Waals surface area contributed by atoms with Crippen molar-refractivity contribution < 1.29 is 5.11 Å². The van der Waals surface area contributed by atoms with Gasteiger partial charge in [0.1, 0.15) is 10.4 Å². The summed E-state index contributed by atoms with van der Waals surface area (Å²) in [7, 11) is 4.30. The summed E-state index contributed by atoms with van der Waals surface area (Å²) < 4.78 is 0.734. The number of rotatable bonds is 5. The van der Waals surface area contributed by atoms with Gasteiger partial charge in [-0.05, 0) is 70.0 Å². The number of likely N-dealkylation sites (N-methyl/N-ethyl adjacent to an activating group) is 1. The number of phenolic OH excluding ortho intramolecular Hbond substituents is 1. The van der Waals surface area contributed by atoms with Crippen molar-refractivity contribution in [3.05, 3.63) is 39.5 Å². The Morgan fingerprint density at radius 3 is 2.79 bits per heavy atom. The minimum absolute atomic E-state index is 0. The van der Waals surface area contributed by atoms with Gasteiger partial charge in [0, 0.05) is 34.4 Å². The Bertz CT molecular complexity index is 1000. The van der Waals surface area contributed by atoms with Crippen molar-refractivity contribution in [2.24, 2.45) is 0 Å². The van der Waals surface area contributed by atoms with Gasteiger partial charge in [0.05, 0.1) is 0 Å². The van der Waals surface area contributed by atoms with Gasteiger partial charge in [-0.1, -0.05) is 0 Å². The van der Waals surface area contributed by atoms with Crippen LogP contribution in [0.3, 0.4) is 0 Å². The van der Waals surface area contributed by atoms with Crippen LogP contribution in [-0.4, -0.2) is 59.7 Å². The summed E-state index contributed by atoms with van der Waals surface area (Å²) in [6, 6.07) is 6.14. The highest BCUT2D eigenvalue weighted by Crippen LogP contribution is 2.33. The molecule has 3 heterocycles. The number of halogens is 2. The molecule has 0 spiro atoms. The molecule has 5 nitrogen and oxygen atoms in total. The third-order valence-corrected chi connectivity index (χ3v) is 6.47. The molecule has 2 aromatic heterocycles. The van der Waals surface area contributed by atoms with E-state index in [-0.39, 0.29) is 30.4 Å². The zero-order chi connectivity index (χ0) is 18.3. The third kappa shape index (κ3) is 4.31. The average Bonchev–Trinajstić information content (AvgIpc) is 3.27. The highest BCUT2D eigenvalue weighted by Gasteiger charge is 2.23. The minimum atomic E-state index is -0.0501. The van der Waals surface area contributed by atoms with Gasteiger partial charge in [-0.2, -0.15) is 0 Å². The number of nitrogens with one attached hydrogen (secondary N) is 1. The summed E-state index contributed by atoms with van der Waals surface area (Å²) in [5, 5.41) is 14.4. The highest BCUT2D eigenvalue weighted by atomic mass is 35.5. The molecule has 0 saturated carbocycles. The number of pyridine rings is 1. The number of aromatic amines is 1. The van der Waals surface area contributed by atoms with Crippen molar-refractivity contribution in [2.45, 2.75) is 25.3 Å². The lowest BCUT2D eigenvalue weighted by Crippen LogP contribution is -2.31. The fourth-order valence-corrected chi connectivity index (χ4v) is 4.87. The van der Waals surface area contributed by atoms with Crippen molar-refractivity contribution >= 4 is 57.1 Å². The number of phenols is 1. The number of likely N-dealkylation sites (tertiary alicyclic amines) is 1. The van der Waals surface area contributed by atoms with E-state index >= 15 is 0 Å². The summed E-state index contributed by atoms with van der Waals surface area (Å²) in [5.74, 6) is 0.324. The number of aromatic nitrogens is 1. The molecule has 28 heavy (non-hydrogen) atoms. The maximum Gasteiger partial charge on any atom is 0.266 e. The predicted octanol–water partition coefficient (Wildman–Crippen LogP) is 3.86. The van der Waals surface area contributed by atoms with Gasteiger partial charge >= 0.3 is 0 Å². The van der Waals surface area contributed by atoms with E-state index in [2.05, 4.69) is 28.9 Å². The molecular formula is C20H27Cl2N3O2S. The fraction of sp³-hybridized carbons (Fsp3) is 0.450. The maximum atomic E-state index is 12.2. The number of nitrogens with zero attached hydrogens (tertiary/aromatic N) is 2. The molecule has 1 saturated heterocycles. The van der Waals surface area contributed by atoms with Crippen LogP contribution in [0.5, 0.6) is 5.75 Å². The second-order valence-corrected chi connectivity index (χ2v) is 8.33. The first-order chi connectivity index (χ1) is 12.5. The van der Waals surface area contributed by atoms with Crippen LogP contribution in [0.1, 0.15) is 18.4 Å². The molecule has 1 unspecified atom stereocenters. The Hall–Kier alpha value is -1.31. The molecule has 0 bridgehead atoms. The summed E-state index contributed by atoms with van der Waals surface area (Å²) in [4.78, 5) is 20.0. The maximum absolute atomic E-state index is 12.2. The Kier molecular flexibility index (Phi) is 7.76. The van der Waals surface area contributed by atoms with Gasteiger partial charge in [-0.15, -0.1) is 36.2 Å². The number of H-pyrrole nitrogens is 1. The molecule has 1 atom stereocenters. The average molecular weight is 444 g/mol. The molecular weight excluding hydrogens is 417 g/mol. The van der Waals surface area contributed by atoms with Gasteiger partial charge in [0.25, 0.3) is 5.56 Å². The summed E-state index contributed by atoms with van der Waals surface area (Å²) in [6.07, 6.45) is 3.03. The zero-order valence-electron chi connectivity index (χ0n) is 16.1. The van der Waals surface area contributed by atoms with E-state index in [1.807, 2.05) is 11.4 Å². The first-order valence-corrected chi connectivity index (χ1v) is 10.1. The number of aryl methyl sites for hydroxylation is 1. The number of hydrogen-bond acceptors (Lipinski definition) is 5.